The van der Waals surface area contributed by atoms with E-state index in [-0.39, 0.29) is 11.5 Å². The summed E-state index contributed by atoms with van der Waals surface area (Å²) in [6, 6.07) is 9.84. The van der Waals surface area contributed by atoms with Crippen molar-refractivity contribution in [2.45, 2.75) is 45.1 Å². The smallest absolute Gasteiger partial charge is 0.259 e. The predicted molar refractivity (Wildman–Crippen MR) is 151 cm³/mol. The molecule has 0 aliphatic carbocycles. The summed E-state index contributed by atoms with van der Waals surface area (Å²) in [5.74, 6) is 1.16. The lowest BCUT2D eigenvalue weighted by atomic mass is 9.86. The van der Waals surface area contributed by atoms with E-state index in [1.54, 1.807) is 26.2 Å². The molecule has 0 radical (unpaired) electrons. The fraction of sp³-hybridized carbons (Fsp3) is 0.345. The second-order valence-electron chi connectivity index (χ2n) is 10.6. The first kappa shape index (κ1) is 26.3. The second kappa shape index (κ2) is 10.5. The Morgan fingerprint density at radius 3 is 2.59 bits per heavy atom. The maximum Gasteiger partial charge on any atom is 0.259 e. The number of piperidine rings is 1. The number of benzene rings is 1. The average Bonchev–Trinajstić information content (AvgIpc) is 2.92. The molecule has 1 fully saturated rings. The monoisotopic (exact) mass is 527 g/mol. The molecule has 39 heavy (non-hydrogen) atoms. The van der Waals surface area contributed by atoms with Crippen LogP contribution in [0.2, 0.25) is 0 Å². The number of nitrogens with two attached hydrogens (primary N) is 1. The summed E-state index contributed by atoms with van der Waals surface area (Å²) in [6.07, 6.45) is 6.53. The third kappa shape index (κ3) is 5.46. The molecule has 0 atom stereocenters. The van der Waals surface area contributed by atoms with Gasteiger partial charge in [0.2, 0.25) is 11.8 Å². The molecule has 1 aliphatic heterocycles. The summed E-state index contributed by atoms with van der Waals surface area (Å²) < 4.78 is 5.22. The third-order valence-corrected chi connectivity index (χ3v) is 7.14. The molecule has 202 valence electrons. The normalized spacial score (nSPS) is 14.4. The van der Waals surface area contributed by atoms with Gasteiger partial charge in [-0.2, -0.15) is 0 Å². The van der Waals surface area contributed by atoms with E-state index < -0.39 is 5.54 Å². The van der Waals surface area contributed by atoms with Gasteiger partial charge in [-0.3, -0.25) is 14.6 Å². The van der Waals surface area contributed by atoms with E-state index in [0.29, 0.717) is 47.5 Å². The van der Waals surface area contributed by atoms with Gasteiger partial charge in [0, 0.05) is 25.0 Å². The Morgan fingerprint density at radius 1 is 1.13 bits per heavy atom. The molecule has 0 bridgehead atoms. The van der Waals surface area contributed by atoms with E-state index in [9.17, 15) is 9.59 Å². The van der Waals surface area contributed by atoms with Crippen LogP contribution in [-0.2, 0) is 4.79 Å². The number of methoxy groups -OCH3 is 1. The second-order valence-corrected chi connectivity index (χ2v) is 10.6. The number of amides is 1. The summed E-state index contributed by atoms with van der Waals surface area (Å²) in [5, 5.41) is 4.54. The first-order valence-electron chi connectivity index (χ1n) is 13.0. The number of fused-ring (bicyclic) bond motifs is 1. The topological polar surface area (TPSA) is 139 Å². The summed E-state index contributed by atoms with van der Waals surface area (Å²) >= 11 is 0. The number of H-pyrrole nitrogens is 1. The van der Waals surface area contributed by atoms with Crippen LogP contribution in [0.3, 0.4) is 0 Å². The van der Waals surface area contributed by atoms with Gasteiger partial charge >= 0.3 is 0 Å². The van der Waals surface area contributed by atoms with Gasteiger partial charge < -0.3 is 25.7 Å². The molecule has 3 aromatic heterocycles. The summed E-state index contributed by atoms with van der Waals surface area (Å²) in [6.45, 7) is 6.98. The highest BCUT2D eigenvalue weighted by Crippen LogP contribution is 2.33. The van der Waals surface area contributed by atoms with E-state index in [2.05, 4.69) is 39.3 Å². The zero-order valence-corrected chi connectivity index (χ0v) is 22.6. The van der Waals surface area contributed by atoms with Crippen molar-refractivity contribution in [2.75, 3.05) is 25.5 Å². The summed E-state index contributed by atoms with van der Waals surface area (Å²) in [7, 11) is 1.53. The lowest BCUT2D eigenvalue weighted by Crippen LogP contribution is -2.53. The fourth-order valence-electron chi connectivity index (χ4n) is 5.16. The van der Waals surface area contributed by atoms with Crippen LogP contribution in [0.5, 0.6) is 5.88 Å². The number of carbonyl (C=O) groups excluding carboxylic acids is 1. The van der Waals surface area contributed by atoms with E-state index in [1.807, 2.05) is 23.1 Å². The Morgan fingerprint density at radius 2 is 1.90 bits per heavy atom. The molecule has 1 amide bonds. The number of hydrogen-bond donors (Lipinski definition) is 3. The van der Waals surface area contributed by atoms with E-state index in [4.69, 9.17) is 15.5 Å². The molecule has 4 heterocycles. The number of hydrogen-bond acceptors (Lipinski definition) is 8. The van der Waals surface area contributed by atoms with Crippen LogP contribution < -0.4 is 21.3 Å². The van der Waals surface area contributed by atoms with Gasteiger partial charge in [-0.05, 0) is 80.3 Å². The van der Waals surface area contributed by atoms with Crippen molar-refractivity contribution in [3.05, 3.63) is 70.4 Å². The van der Waals surface area contributed by atoms with Crippen LogP contribution >= 0.6 is 0 Å². The molecular weight excluding hydrogens is 494 g/mol. The van der Waals surface area contributed by atoms with Crippen LogP contribution in [0, 0.1) is 6.92 Å². The summed E-state index contributed by atoms with van der Waals surface area (Å²) in [4.78, 5) is 43.4. The summed E-state index contributed by atoms with van der Waals surface area (Å²) in [5.41, 5.74) is 9.25. The van der Waals surface area contributed by atoms with Gasteiger partial charge in [0.15, 0.2) is 0 Å². The Labute approximate surface area is 226 Å². The molecule has 0 unspecified atom stereocenters. The Balaban J connectivity index is 1.42. The number of carbonyl (C=O) groups is 1. The number of nitrogens with one attached hydrogen (secondary N) is 2. The van der Waals surface area contributed by atoms with Crippen molar-refractivity contribution in [3.63, 3.8) is 0 Å². The molecular formula is C29H33N7O3. The maximum atomic E-state index is 12.8. The van der Waals surface area contributed by atoms with E-state index in [1.165, 1.54) is 18.9 Å². The number of pyridine rings is 2. The molecule has 1 aliphatic rings. The molecule has 1 saturated heterocycles. The Kier molecular flexibility index (Phi) is 7.05. The van der Waals surface area contributed by atoms with Gasteiger partial charge in [0.05, 0.1) is 36.1 Å². The number of anilines is 2. The van der Waals surface area contributed by atoms with Crippen LogP contribution in [0.4, 0.5) is 11.5 Å². The molecule has 0 spiro atoms. The minimum atomic E-state index is -0.855. The number of ether oxygens (including phenoxy) is 1. The third-order valence-electron chi connectivity index (χ3n) is 7.14. The van der Waals surface area contributed by atoms with Crippen LogP contribution in [0.15, 0.2) is 53.7 Å². The minimum absolute atomic E-state index is 0.00547. The molecule has 10 nitrogen and oxygen atoms in total. The Bertz CT molecular complexity index is 1580. The van der Waals surface area contributed by atoms with Crippen LogP contribution in [-0.4, -0.2) is 56.5 Å². The van der Waals surface area contributed by atoms with Gasteiger partial charge in [-0.15, -0.1) is 0 Å². The molecule has 1 aromatic carbocycles. The zero-order valence-electron chi connectivity index (χ0n) is 22.6. The van der Waals surface area contributed by atoms with Crippen LogP contribution in [0.25, 0.3) is 22.2 Å². The predicted octanol–water partition coefficient (Wildman–Crippen LogP) is 3.88. The van der Waals surface area contributed by atoms with Gasteiger partial charge in [-0.25, -0.2) is 9.97 Å². The molecule has 10 heteroatoms. The quantitative estimate of drug-likeness (QED) is 0.343. The van der Waals surface area contributed by atoms with Gasteiger partial charge in [0.1, 0.15) is 11.5 Å². The van der Waals surface area contributed by atoms with Crippen molar-refractivity contribution in [1.29, 1.82) is 0 Å². The van der Waals surface area contributed by atoms with Crippen molar-refractivity contribution < 1.29 is 9.53 Å². The average molecular weight is 528 g/mol. The first-order chi connectivity index (χ1) is 18.6. The van der Waals surface area contributed by atoms with Crippen molar-refractivity contribution in [3.8, 4) is 17.3 Å². The maximum absolute atomic E-state index is 12.8. The Hall–Kier alpha value is -4.31. The highest BCUT2D eigenvalue weighted by molar-refractivity contribution is 5.95. The number of aromatic nitrogens is 4. The number of rotatable bonds is 6. The number of aryl methyl sites for hydroxylation is 1. The van der Waals surface area contributed by atoms with E-state index >= 15 is 0 Å². The molecule has 4 N–H and O–H groups in total. The number of aromatic amines is 1. The standard InChI is InChI=1S/C29H33N7O3/c1-17-13-20(5-6-21(17)18-8-11-36(12-9-18)28(38)29(2,3)30)33-26-25-19(7-10-32-27(25)37)14-22(35-26)23-15-31-16-24(34-23)39-4/h5-7,10,13-16,18H,8-9,11-12,30H2,1-4H3,(H,32,37)(H,33,35). The van der Waals surface area contributed by atoms with Crippen molar-refractivity contribution in [2.24, 2.45) is 5.73 Å². The number of likely N-dealkylation sites (tertiary alicyclic amines) is 1. The highest BCUT2D eigenvalue weighted by Gasteiger charge is 2.31. The highest BCUT2D eigenvalue weighted by atomic mass is 16.5. The zero-order chi connectivity index (χ0) is 27.7. The minimum Gasteiger partial charge on any atom is -0.480 e. The fourth-order valence-corrected chi connectivity index (χ4v) is 5.16. The van der Waals surface area contributed by atoms with Crippen LogP contribution in [0.1, 0.15) is 43.7 Å². The van der Waals surface area contributed by atoms with Gasteiger partial charge in [0.25, 0.3) is 5.56 Å². The lowest BCUT2D eigenvalue weighted by Gasteiger charge is -2.36. The molecule has 5 rings (SSSR count). The largest absolute Gasteiger partial charge is 0.480 e. The lowest BCUT2D eigenvalue weighted by molar-refractivity contribution is -0.136. The first-order valence-corrected chi connectivity index (χ1v) is 13.0. The molecule has 0 saturated carbocycles. The number of nitrogens with zero attached hydrogens (tertiary/aromatic N) is 4. The molecule has 4 aromatic rings. The van der Waals surface area contributed by atoms with Crippen molar-refractivity contribution >= 4 is 28.2 Å². The SMILES string of the molecule is COc1cncc(-c2cc3cc[nH]c(=O)c3c(Nc3ccc(C4CCN(C(=O)C(C)(C)N)CC4)c(C)c3)n2)n1. The van der Waals surface area contributed by atoms with E-state index in [0.717, 1.165) is 29.5 Å². The van der Waals surface area contributed by atoms with Crippen molar-refractivity contribution in [1.82, 2.24) is 24.8 Å². The van der Waals surface area contributed by atoms with Gasteiger partial charge in [-0.1, -0.05) is 6.07 Å².